The number of benzene rings is 4. The highest BCUT2D eigenvalue weighted by Gasteiger charge is 2.42. The van der Waals surface area contributed by atoms with Crippen molar-refractivity contribution in [3.05, 3.63) is 119 Å². The Bertz CT molecular complexity index is 1620. The van der Waals surface area contributed by atoms with Gasteiger partial charge in [0.05, 0.1) is 12.6 Å². The van der Waals surface area contributed by atoms with E-state index in [9.17, 15) is 9.90 Å². The SMILES string of the molecule is COc1nc2ccc(C=O)cc2cc1C(c1ccccc1)C(O)(CCCCN(C)C)c1ccc2ccccc2c1. The van der Waals surface area contributed by atoms with Crippen LogP contribution in [0.2, 0.25) is 0 Å². The fourth-order valence-electron chi connectivity index (χ4n) is 5.73. The predicted molar refractivity (Wildman–Crippen MR) is 162 cm³/mol. The molecule has 0 aliphatic carbocycles. The first-order valence-corrected chi connectivity index (χ1v) is 13.8. The number of pyridine rings is 1. The summed E-state index contributed by atoms with van der Waals surface area (Å²) in [6.07, 6.45) is 3.19. The molecule has 0 saturated heterocycles. The number of hydrogen-bond acceptors (Lipinski definition) is 5. The third kappa shape index (κ3) is 5.62. The highest BCUT2D eigenvalue weighted by atomic mass is 16.5. The molecule has 40 heavy (non-hydrogen) atoms. The topological polar surface area (TPSA) is 62.7 Å². The van der Waals surface area contributed by atoms with Crippen LogP contribution in [-0.2, 0) is 5.60 Å². The van der Waals surface area contributed by atoms with Crippen molar-refractivity contribution in [2.45, 2.75) is 30.8 Å². The Morgan fingerprint density at radius 2 is 1.62 bits per heavy atom. The van der Waals surface area contributed by atoms with Crippen LogP contribution < -0.4 is 4.74 Å². The molecule has 0 bridgehead atoms. The summed E-state index contributed by atoms with van der Waals surface area (Å²) in [5.41, 5.74) is 2.66. The molecule has 1 N–H and O–H groups in total. The molecule has 5 rings (SSSR count). The molecule has 0 amide bonds. The van der Waals surface area contributed by atoms with Gasteiger partial charge in [-0.1, -0.05) is 66.7 Å². The van der Waals surface area contributed by atoms with Gasteiger partial charge in [0.25, 0.3) is 0 Å². The van der Waals surface area contributed by atoms with Crippen LogP contribution in [0.3, 0.4) is 0 Å². The maximum Gasteiger partial charge on any atom is 0.217 e. The van der Waals surface area contributed by atoms with Crippen molar-refractivity contribution in [1.82, 2.24) is 9.88 Å². The van der Waals surface area contributed by atoms with Crippen LogP contribution in [0.5, 0.6) is 5.88 Å². The van der Waals surface area contributed by atoms with E-state index < -0.39 is 11.5 Å². The zero-order chi connectivity index (χ0) is 28.1. The lowest BCUT2D eigenvalue weighted by atomic mass is 9.71. The molecule has 4 aromatic carbocycles. The van der Waals surface area contributed by atoms with Crippen molar-refractivity contribution < 1.29 is 14.6 Å². The van der Waals surface area contributed by atoms with Crippen molar-refractivity contribution in [2.24, 2.45) is 0 Å². The van der Waals surface area contributed by atoms with E-state index in [1.54, 1.807) is 13.2 Å². The summed E-state index contributed by atoms with van der Waals surface area (Å²) in [7, 11) is 5.76. The summed E-state index contributed by atoms with van der Waals surface area (Å²) in [5, 5.41) is 16.1. The van der Waals surface area contributed by atoms with Gasteiger partial charge in [-0.15, -0.1) is 0 Å². The molecule has 1 aromatic heterocycles. The average molecular weight is 533 g/mol. The van der Waals surface area contributed by atoms with E-state index in [0.717, 1.165) is 64.0 Å². The van der Waals surface area contributed by atoms with Crippen molar-refractivity contribution in [3.63, 3.8) is 0 Å². The van der Waals surface area contributed by atoms with Gasteiger partial charge in [0.1, 0.15) is 11.9 Å². The smallest absolute Gasteiger partial charge is 0.217 e. The Morgan fingerprint density at radius 3 is 2.35 bits per heavy atom. The van der Waals surface area contributed by atoms with Gasteiger partial charge in [0, 0.05) is 22.4 Å². The number of carbonyl (C=O) groups is 1. The van der Waals surface area contributed by atoms with Crippen LogP contribution in [0.15, 0.2) is 97.1 Å². The number of methoxy groups -OCH3 is 1. The van der Waals surface area contributed by atoms with Crippen molar-refractivity contribution in [3.8, 4) is 5.88 Å². The van der Waals surface area contributed by atoms with Crippen LogP contribution in [0.25, 0.3) is 21.7 Å². The van der Waals surface area contributed by atoms with Crippen LogP contribution in [0.4, 0.5) is 0 Å². The fraction of sp³-hybridized carbons (Fsp3) is 0.257. The standard InChI is InChI=1S/C35H36N2O3/c1-37(2)20-10-9-19-35(39,30-17-16-26-11-7-8-14-28(26)22-30)33(27-12-5-4-6-13-27)31-23-29-21-25(24-38)15-18-32(29)36-34(31)40-3/h4-8,11-18,21-24,33,39H,9-10,19-20H2,1-3H3. The zero-order valence-corrected chi connectivity index (χ0v) is 23.4. The van der Waals surface area contributed by atoms with Crippen molar-refractivity contribution in [1.29, 1.82) is 0 Å². The Morgan fingerprint density at radius 1 is 0.875 bits per heavy atom. The first-order valence-electron chi connectivity index (χ1n) is 13.8. The lowest BCUT2D eigenvalue weighted by Gasteiger charge is -2.38. The number of unbranched alkanes of at least 4 members (excludes halogenated alkanes) is 1. The maximum atomic E-state index is 13.0. The number of nitrogens with zero attached hydrogens (tertiary/aromatic N) is 2. The summed E-state index contributed by atoms with van der Waals surface area (Å²) in [6.45, 7) is 0.944. The highest BCUT2D eigenvalue weighted by molar-refractivity contribution is 5.88. The van der Waals surface area contributed by atoms with Gasteiger partial charge < -0.3 is 14.7 Å². The fourth-order valence-corrected chi connectivity index (χ4v) is 5.73. The maximum absolute atomic E-state index is 13.0. The second kappa shape index (κ2) is 12.0. The zero-order valence-electron chi connectivity index (χ0n) is 23.4. The Balaban J connectivity index is 1.74. The predicted octanol–water partition coefficient (Wildman–Crippen LogP) is 6.96. The Labute approximate surface area is 236 Å². The first kappa shape index (κ1) is 27.5. The minimum atomic E-state index is -1.26. The quantitative estimate of drug-likeness (QED) is 0.147. The Kier molecular flexibility index (Phi) is 8.24. The van der Waals surface area contributed by atoms with E-state index in [4.69, 9.17) is 9.72 Å². The minimum Gasteiger partial charge on any atom is -0.481 e. The lowest BCUT2D eigenvalue weighted by Crippen LogP contribution is -2.35. The van der Waals surface area contributed by atoms with Gasteiger partial charge in [0.2, 0.25) is 5.88 Å². The van der Waals surface area contributed by atoms with Gasteiger partial charge in [-0.05, 0) is 92.1 Å². The molecule has 0 fully saturated rings. The van der Waals surface area contributed by atoms with E-state index >= 15 is 0 Å². The number of aliphatic hydroxyl groups is 1. The molecule has 204 valence electrons. The third-order valence-corrected chi connectivity index (χ3v) is 7.75. The molecule has 0 saturated carbocycles. The van der Waals surface area contributed by atoms with Gasteiger partial charge >= 0.3 is 0 Å². The molecule has 0 aliphatic heterocycles. The van der Waals surface area contributed by atoms with E-state index in [2.05, 4.69) is 61.5 Å². The van der Waals surface area contributed by atoms with E-state index in [1.807, 2.05) is 48.5 Å². The second-order valence-electron chi connectivity index (χ2n) is 10.7. The number of fused-ring (bicyclic) bond motifs is 2. The Hall–Kier alpha value is -4.06. The van der Waals surface area contributed by atoms with E-state index in [-0.39, 0.29) is 0 Å². The molecule has 0 spiro atoms. The summed E-state index contributed by atoms with van der Waals surface area (Å²) >= 11 is 0. The van der Waals surface area contributed by atoms with Gasteiger partial charge in [-0.3, -0.25) is 4.79 Å². The summed E-state index contributed by atoms with van der Waals surface area (Å²) in [5.74, 6) is -0.00586. The average Bonchev–Trinajstić information content (AvgIpc) is 2.99. The summed E-state index contributed by atoms with van der Waals surface area (Å²) < 4.78 is 5.87. The molecule has 5 aromatic rings. The largest absolute Gasteiger partial charge is 0.481 e. The number of rotatable bonds is 11. The molecule has 5 nitrogen and oxygen atoms in total. The molecular weight excluding hydrogens is 496 g/mol. The van der Waals surface area contributed by atoms with Gasteiger partial charge in [-0.25, -0.2) is 4.98 Å². The molecule has 0 radical (unpaired) electrons. The molecular formula is C35H36N2O3. The van der Waals surface area contributed by atoms with Crippen molar-refractivity contribution in [2.75, 3.05) is 27.7 Å². The van der Waals surface area contributed by atoms with Crippen LogP contribution in [-0.4, -0.2) is 49.0 Å². The van der Waals surface area contributed by atoms with Crippen molar-refractivity contribution >= 4 is 28.0 Å². The number of aromatic nitrogens is 1. The summed E-state index contributed by atoms with van der Waals surface area (Å²) in [4.78, 5) is 18.6. The molecule has 2 unspecified atom stereocenters. The highest BCUT2D eigenvalue weighted by Crippen LogP contribution is 2.48. The monoisotopic (exact) mass is 532 g/mol. The van der Waals surface area contributed by atoms with Crippen LogP contribution in [0, 0.1) is 0 Å². The molecule has 5 heteroatoms. The van der Waals surface area contributed by atoms with E-state index in [0.29, 0.717) is 17.9 Å². The first-order chi connectivity index (χ1) is 19.4. The second-order valence-corrected chi connectivity index (χ2v) is 10.7. The third-order valence-electron chi connectivity index (χ3n) is 7.75. The number of hydrogen-bond donors (Lipinski definition) is 1. The number of aldehydes is 1. The van der Waals surface area contributed by atoms with Gasteiger partial charge in [-0.2, -0.15) is 0 Å². The number of carbonyl (C=O) groups excluding carboxylic acids is 1. The van der Waals surface area contributed by atoms with E-state index in [1.165, 1.54) is 0 Å². The minimum absolute atomic E-state index is 0.465. The van der Waals surface area contributed by atoms with Gasteiger partial charge in [0.15, 0.2) is 0 Å². The molecule has 1 heterocycles. The summed E-state index contributed by atoms with van der Waals surface area (Å²) in [6, 6.07) is 32.0. The number of ether oxygens (including phenoxy) is 1. The molecule has 2 atom stereocenters. The van der Waals surface area contributed by atoms with Crippen LogP contribution in [0.1, 0.15) is 52.2 Å². The molecule has 0 aliphatic rings. The lowest BCUT2D eigenvalue weighted by molar-refractivity contribution is 0.00690. The normalized spacial score (nSPS) is 13.8. The van der Waals surface area contributed by atoms with Crippen LogP contribution >= 0.6 is 0 Å².